The number of ether oxygens (including phenoxy) is 1. The number of H-pyrrole nitrogens is 1. The normalized spacial score (nSPS) is 14.2. The average Bonchev–Trinajstić information content (AvgIpc) is 3.25. The van der Waals surface area contributed by atoms with Crippen molar-refractivity contribution in [1.29, 1.82) is 0 Å². The number of non-ortho nitro benzene ring substituents is 1. The number of nitrogens with zero attached hydrogens (tertiary/aromatic N) is 2. The van der Waals surface area contributed by atoms with Gasteiger partial charge in [0.1, 0.15) is 0 Å². The number of nitro groups is 1. The Bertz CT molecular complexity index is 1170. The fourth-order valence-corrected chi connectivity index (χ4v) is 3.75. The molecule has 1 aliphatic rings. The molecule has 0 radical (unpaired) electrons. The van der Waals surface area contributed by atoms with Gasteiger partial charge >= 0.3 is 0 Å². The summed E-state index contributed by atoms with van der Waals surface area (Å²) in [4.78, 5) is 40.7. The minimum Gasteiger partial charge on any atom is -0.379 e. The van der Waals surface area contributed by atoms with E-state index >= 15 is 0 Å². The van der Waals surface area contributed by atoms with Gasteiger partial charge in [0.25, 0.3) is 11.6 Å². The second kappa shape index (κ2) is 10.2. The Morgan fingerprint density at radius 1 is 1.15 bits per heavy atom. The number of carbonyl (C=O) groups excluding carboxylic acids is 2. The van der Waals surface area contributed by atoms with Gasteiger partial charge in [-0.1, -0.05) is 12.1 Å². The summed E-state index contributed by atoms with van der Waals surface area (Å²) in [5.41, 5.74) is 2.39. The van der Waals surface area contributed by atoms with Crippen molar-refractivity contribution in [3.63, 3.8) is 0 Å². The van der Waals surface area contributed by atoms with Crippen molar-refractivity contribution < 1.29 is 19.2 Å². The van der Waals surface area contributed by atoms with E-state index in [1.807, 2.05) is 18.2 Å². The number of rotatable bonds is 8. The van der Waals surface area contributed by atoms with Crippen LogP contribution in [0.15, 0.2) is 48.7 Å². The summed E-state index contributed by atoms with van der Waals surface area (Å²) < 4.78 is 5.31. The number of hydrogen-bond donors (Lipinski definition) is 3. The van der Waals surface area contributed by atoms with Gasteiger partial charge in [0.05, 0.1) is 23.7 Å². The Kier molecular flexibility index (Phi) is 6.96. The topological polar surface area (TPSA) is 130 Å². The molecule has 0 unspecified atom stereocenters. The summed E-state index contributed by atoms with van der Waals surface area (Å²) in [6, 6.07) is 11.6. The first-order chi connectivity index (χ1) is 16.0. The Morgan fingerprint density at radius 2 is 1.97 bits per heavy atom. The molecule has 2 heterocycles. The van der Waals surface area contributed by atoms with Gasteiger partial charge in [-0.3, -0.25) is 24.6 Å². The number of morpholine rings is 1. The maximum absolute atomic E-state index is 12.7. The molecular formula is C23H25N5O5. The van der Waals surface area contributed by atoms with Crippen molar-refractivity contribution >= 4 is 34.1 Å². The second-order valence-corrected chi connectivity index (χ2v) is 7.82. The standard InChI is InChI=1S/C23H25N5O5/c29-22(6-7-27-8-10-33-11-9-27)26-17-3-1-2-16(12-17)14-25-23(30)20-15-24-21-5-4-18(28(31)32)13-19(20)21/h1-5,12-13,15,24H,6-11,14H2,(H,25,30)(H,26,29). The number of fused-ring (bicyclic) bond motifs is 1. The summed E-state index contributed by atoms with van der Waals surface area (Å²) in [6.45, 7) is 4.01. The Hall–Kier alpha value is -3.76. The summed E-state index contributed by atoms with van der Waals surface area (Å²) >= 11 is 0. The molecule has 0 aliphatic carbocycles. The molecule has 10 heteroatoms. The molecule has 1 aliphatic heterocycles. The van der Waals surface area contributed by atoms with Gasteiger partial charge in [0.2, 0.25) is 5.91 Å². The van der Waals surface area contributed by atoms with Crippen molar-refractivity contribution in [2.45, 2.75) is 13.0 Å². The Labute approximate surface area is 190 Å². The van der Waals surface area contributed by atoms with Crippen molar-refractivity contribution in [2.24, 2.45) is 0 Å². The molecule has 0 atom stereocenters. The predicted octanol–water partition coefficient (Wildman–Crippen LogP) is 2.67. The fourth-order valence-electron chi connectivity index (χ4n) is 3.75. The SMILES string of the molecule is O=C(CCN1CCOCC1)Nc1cccc(CNC(=O)c2c[nH]c3ccc([N+](=O)[O-])cc23)c1. The highest BCUT2D eigenvalue weighted by Gasteiger charge is 2.16. The highest BCUT2D eigenvalue weighted by molar-refractivity contribution is 6.07. The Balaban J connectivity index is 1.33. The minimum absolute atomic E-state index is 0.0666. The quantitative estimate of drug-likeness (QED) is 0.357. The third kappa shape index (κ3) is 5.73. The van der Waals surface area contributed by atoms with Crippen molar-refractivity contribution in [3.05, 3.63) is 69.9 Å². The van der Waals surface area contributed by atoms with E-state index in [-0.39, 0.29) is 24.0 Å². The molecule has 3 N–H and O–H groups in total. The van der Waals surface area contributed by atoms with Crippen LogP contribution in [0.4, 0.5) is 11.4 Å². The number of amides is 2. The van der Waals surface area contributed by atoms with Gasteiger partial charge in [-0.15, -0.1) is 0 Å². The number of nitro benzene ring substituents is 1. The zero-order chi connectivity index (χ0) is 23.2. The summed E-state index contributed by atoms with van der Waals surface area (Å²) in [5, 5.41) is 17.3. The number of nitrogens with one attached hydrogen (secondary N) is 3. The largest absolute Gasteiger partial charge is 0.379 e. The number of anilines is 1. The van der Waals surface area contributed by atoms with Crippen LogP contribution in [0.2, 0.25) is 0 Å². The highest BCUT2D eigenvalue weighted by Crippen LogP contribution is 2.23. The molecule has 3 aromatic rings. The van der Waals surface area contributed by atoms with E-state index in [0.717, 1.165) is 18.7 Å². The third-order valence-corrected chi connectivity index (χ3v) is 5.54. The van der Waals surface area contributed by atoms with Crippen molar-refractivity contribution in [1.82, 2.24) is 15.2 Å². The zero-order valence-corrected chi connectivity index (χ0v) is 18.0. The van der Waals surface area contributed by atoms with E-state index in [9.17, 15) is 19.7 Å². The molecule has 2 amide bonds. The van der Waals surface area contributed by atoms with Gasteiger partial charge in [-0.05, 0) is 23.8 Å². The second-order valence-electron chi connectivity index (χ2n) is 7.82. The van der Waals surface area contributed by atoms with Crippen molar-refractivity contribution in [2.75, 3.05) is 38.2 Å². The zero-order valence-electron chi connectivity index (χ0n) is 18.0. The van der Waals surface area contributed by atoms with Gasteiger partial charge in [-0.2, -0.15) is 0 Å². The van der Waals surface area contributed by atoms with Crippen LogP contribution >= 0.6 is 0 Å². The molecule has 1 aromatic heterocycles. The molecule has 10 nitrogen and oxygen atoms in total. The van der Waals surface area contributed by atoms with Crippen LogP contribution in [0.25, 0.3) is 10.9 Å². The molecule has 0 spiro atoms. The molecule has 0 saturated carbocycles. The first-order valence-corrected chi connectivity index (χ1v) is 10.7. The lowest BCUT2D eigenvalue weighted by Crippen LogP contribution is -2.38. The van der Waals surface area contributed by atoms with Crippen LogP contribution in [0.3, 0.4) is 0 Å². The molecule has 2 aromatic carbocycles. The number of aromatic nitrogens is 1. The van der Waals surface area contributed by atoms with Crippen LogP contribution in [-0.2, 0) is 16.1 Å². The number of aromatic amines is 1. The average molecular weight is 451 g/mol. The van der Waals surface area contributed by atoms with Crippen LogP contribution in [0.1, 0.15) is 22.3 Å². The Morgan fingerprint density at radius 3 is 2.76 bits per heavy atom. The minimum atomic E-state index is -0.491. The van der Waals surface area contributed by atoms with Crippen LogP contribution < -0.4 is 10.6 Å². The summed E-state index contributed by atoms with van der Waals surface area (Å²) in [5.74, 6) is -0.412. The van der Waals surface area contributed by atoms with E-state index in [1.165, 1.54) is 18.3 Å². The van der Waals surface area contributed by atoms with E-state index in [2.05, 4.69) is 20.5 Å². The smallest absolute Gasteiger partial charge is 0.270 e. The molecule has 172 valence electrons. The summed E-state index contributed by atoms with van der Waals surface area (Å²) in [6.07, 6.45) is 1.93. The first kappa shape index (κ1) is 22.4. The van der Waals surface area contributed by atoms with Crippen LogP contribution in [-0.4, -0.2) is 59.5 Å². The van der Waals surface area contributed by atoms with E-state index in [0.29, 0.717) is 48.3 Å². The maximum Gasteiger partial charge on any atom is 0.270 e. The fraction of sp³-hybridized carbons (Fsp3) is 0.304. The van der Waals surface area contributed by atoms with E-state index in [4.69, 9.17) is 4.74 Å². The van der Waals surface area contributed by atoms with Crippen LogP contribution in [0, 0.1) is 10.1 Å². The number of carbonyl (C=O) groups is 2. The van der Waals surface area contributed by atoms with Gasteiger partial charge < -0.3 is 20.4 Å². The molecule has 4 rings (SSSR count). The predicted molar refractivity (Wildman–Crippen MR) is 123 cm³/mol. The lowest BCUT2D eigenvalue weighted by Gasteiger charge is -2.26. The van der Waals surface area contributed by atoms with Crippen molar-refractivity contribution in [3.8, 4) is 0 Å². The van der Waals surface area contributed by atoms with E-state index in [1.54, 1.807) is 12.1 Å². The van der Waals surface area contributed by atoms with Crippen LogP contribution in [0.5, 0.6) is 0 Å². The monoisotopic (exact) mass is 451 g/mol. The van der Waals surface area contributed by atoms with Gasteiger partial charge in [-0.25, -0.2) is 0 Å². The molecule has 0 bridgehead atoms. The third-order valence-electron chi connectivity index (χ3n) is 5.54. The number of benzene rings is 2. The van der Waals surface area contributed by atoms with E-state index < -0.39 is 4.92 Å². The molecule has 1 saturated heterocycles. The molecule has 1 fully saturated rings. The first-order valence-electron chi connectivity index (χ1n) is 10.7. The molecular weight excluding hydrogens is 426 g/mol. The van der Waals surface area contributed by atoms with Gasteiger partial charge in [0.15, 0.2) is 0 Å². The lowest BCUT2D eigenvalue weighted by atomic mass is 10.1. The number of hydrogen-bond acceptors (Lipinski definition) is 6. The molecule has 33 heavy (non-hydrogen) atoms. The highest BCUT2D eigenvalue weighted by atomic mass is 16.6. The maximum atomic E-state index is 12.7. The lowest BCUT2D eigenvalue weighted by molar-refractivity contribution is -0.384. The summed E-state index contributed by atoms with van der Waals surface area (Å²) in [7, 11) is 0. The van der Waals surface area contributed by atoms with Gasteiger partial charge in [0, 0.05) is 67.5 Å².